The predicted octanol–water partition coefficient (Wildman–Crippen LogP) is 0.828. The van der Waals surface area contributed by atoms with Gasteiger partial charge in [0.1, 0.15) is 0 Å². The number of halogens is 3. The second-order valence-corrected chi connectivity index (χ2v) is 3.02. The van der Waals surface area contributed by atoms with Crippen LogP contribution in [0.25, 0.3) is 0 Å². The molecule has 5 N–H and O–H groups in total. The maximum atomic E-state index is 12.4. The quantitative estimate of drug-likeness (QED) is 0.388. The molecule has 1 aromatic rings. The molecule has 1 amide bonds. The summed E-state index contributed by atoms with van der Waals surface area (Å²) in [6, 6.07) is 2.74. The first-order valence-electron chi connectivity index (χ1n) is 4.34. The van der Waals surface area contributed by atoms with Gasteiger partial charge in [0.05, 0.1) is 11.3 Å². The molecule has 0 heterocycles. The van der Waals surface area contributed by atoms with Crippen molar-refractivity contribution in [3.8, 4) is 11.8 Å². The first-order chi connectivity index (χ1) is 7.84. The minimum Gasteiger partial charge on any atom is -0.359 e. The Labute approximate surface area is 94.7 Å². The highest BCUT2D eigenvalue weighted by molar-refractivity contribution is 5.92. The number of alkyl halides is 3. The summed E-state index contributed by atoms with van der Waals surface area (Å²) in [6.07, 6.45) is -4.47. The number of benzene rings is 1. The van der Waals surface area contributed by atoms with E-state index >= 15 is 0 Å². The molecular formula is C10H8F3N3O. The first kappa shape index (κ1) is 12.9. The SMILES string of the molecule is NNc1cc(C(F)(F)F)ccc1C#CC(N)=O. The summed E-state index contributed by atoms with van der Waals surface area (Å²) in [5, 5.41) is 0. The molecule has 0 bridgehead atoms. The van der Waals surface area contributed by atoms with E-state index in [0.717, 1.165) is 18.2 Å². The number of anilines is 1. The summed E-state index contributed by atoms with van der Waals surface area (Å²) in [5.41, 5.74) is 6.12. The highest BCUT2D eigenvalue weighted by atomic mass is 19.4. The van der Waals surface area contributed by atoms with Gasteiger partial charge in [-0.1, -0.05) is 5.92 Å². The average molecular weight is 243 g/mol. The predicted molar refractivity (Wildman–Crippen MR) is 55.3 cm³/mol. The van der Waals surface area contributed by atoms with Crippen molar-refractivity contribution in [2.45, 2.75) is 6.18 Å². The molecule has 0 radical (unpaired) electrons. The van der Waals surface area contributed by atoms with Gasteiger partial charge >= 0.3 is 6.18 Å². The Balaban J connectivity index is 3.21. The molecule has 90 valence electrons. The Morgan fingerprint density at radius 3 is 2.47 bits per heavy atom. The Morgan fingerprint density at radius 2 is 2.00 bits per heavy atom. The second-order valence-electron chi connectivity index (χ2n) is 3.02. The molecule has 4 nitrogen and oxygen atoms in total. The van der Waals surface area contributed by atoms with Crippen LogP contribution in [0.15, 0.2) is 18.2 Å². The van der Waals surface area contributed by atoms with E-state index in [0.29, 0.717) is 0 Å². The summed E-state index contributed by atoms with van der Waals surface area (Å²) in [4.78, 5) is 10.4. The standard InChI is InChI=1S/C10H8F3N3O/c11-10(12,13)7-3-1-6(2-4-9(14)17)8(5-7)16-15/h1,3,5,16H,15H2,(H2,14,17). The molecule has 1 aromatic carbocycles. The van der Waals surface area contributed by atoms with E-state index < -0.39 is 17.6 Å². The Kier molecular flexibility index (Phi) is 3.60. The normalized spacial score (nSPS) is 10.4. The number of hydrogen-bond acceptors (Lipinski definition) is 3. The fraction of sp³-hybridized carbons (Fsp3) is 0.100. The van der Waals surface area contributed by atoms with Crippen molar-refractivity contribution >= 4 is 11.6 Å². The lowest BCUT2D eigenvalue weighted by atomic mass is 10.1. The zero-order valence-electron chi connectivity index (χ0n) is 8.43. The van der Waals surface area contributed by atoms with Crippen LogP contribution in [-0.2, 0) is 11.0 Å². The van der Waals surface area contributed by atoms with E-state index in [1.165, 1.54) is 0 Å². The number of rotatable bonds is 1. The minimum atomic E-state index is -4.47. The van der Waals surface area contributed by atoms with E-state index in [4.69, 9.17) is 11.6 Å². The number of amides is 1. The number of hydrogen-bond donors (Lipinski definition) is 3. The lowest BCUT2D eigenvalue weighted by molar-refractivity contribution is -0.137. The van der Waals surface area contributed by atoms with Crippen molar-refractivity contribution in [2.24, 2.45) is 11.6 Å². The van der Waals surface area contributed by atoms with Crippen LogP contribution in [0.2, 0.25) is 0 Å². The van der Waals surface area contributed by atoms with E-state index in [1.807, 2.05) is 5.92 Å². The van der Waals surface area contributed by atoms with E-state index in [-0.39, 0.29) is 11.3 Å². The third-order valence-electron chi connectivity index (χ3n) is 1.82. The summed E-state index contributed by atoms with van der Waals surface area (Å²) < 4.78 is 37.1. The first-order valence-corrected chi connectivity index (χ1v) is 4.34. The van der Waals surface area contributed by atoms with E-state index in [9.17, 15) is 18.0 Å². The molecule has 0 fully saturated rings. The van der Waals surface area contributed by atoms with Crippen LogP contribution in [-0.4, -0.2) is 5.91 Å². The number of hydrazine groups is 1. The van der Waals surface area contributed by atoms with Crippen molar-refractivity contribution in [1.82, 2.24) is 0 Å². The highest BCUT2D eigenvalue weighted by Crippen LogP contribution is 2.31. The van der Waals surface area contributed by atoms with Crippen molar-refractivity contribution < 1.29 is 18.0 Å². The summed E-state index contributed by atoms with van der Waals surface area (Å²) in [6.45, 7) is 0. The van der Waals surface area contributed by atoms with Gasteiger partial charge < -0.3 is 11.2 Å². The highest BCUT2D eigenvalue weighted by Gasteiger charge is 2.30. The smallest absolute Gasteiger partial charge is 0.359 e. The number of carbonyl (C=O) groups is 1. The number of nitrogens with one attached hydrogen (secondary N) is 1. The maximum Gasteiger partial charge on any atom is 0.416 e. The van der Waals surface area contributed by atoms with Gasteiger partial charge in [0.15, 0.2) is 0 Å². The zero-order chi connectivity index (χ0) is 13.1. The van der Waals surface area contributed by atoms with Crippen molar-refractivity contribution in [2.75, 3.05) is 5.43 Å². The molecule has 0 saturated heterocycles. The topological polar surface area (TPSA) is 81.1 Å². The molecule has 0 aliphatic heterocycles. The molecule has 0 aliphatic rings. The van der Waals surface area contributed by atoms with E-state index in [2.05, 4.69) is 11.3 Å². The summed E-state index contributed by atoms with van der Waals surface area (Å²) >= 11 is 0. The molecule has 7 heteroatoms. The number of nitrogens with two attached hydrogens (primary N) is 2. The fourth-order valence-corrected chi connectivity index (χ4v) is 1.08. The average Bonchev–Trinajstić information content (AvgIpc) is 2.24. The molecular weight excluding hydrogens is 235 g/mol. The largest absolute Gasteiger partial charge is 0.416 e. The van der Waals surface area contributed by atoms with Gasteiger partial charge in [0.2, 0.25) is 0 Å². The van der Waals surface area contributed by atoms with Crippen LogP contribution in [0.3, 0.4) is 0 Å². The van der Waals surface area contributed by atoms with Crippen molar-refractivity contribution in [1.29, 1.82) is 0 Å². The molecule has 0 aromatic heterocycles. The molecule has 17 heavy (non-hydrogen) atoms. The number of nitrogen functional groups attached to an aromatic ring is 1. The third-order valence-corrected chi connectivity index (χ3v) is 1.82. The lowest BCUT2D eigenvalue weighted by Gasteiger charge is -2.09. The van der Waals surface area contributed by atoms with Crippen LogP contribution in [0.5, 0.6) is 0 Å². The van der Waals surface area contributed by atoms with Gasteiger partial charge in [0.25, 0.3) is 5.91 Å². The van der Waals surface area contributed by atoms with E-state index in [1.54, 1.807) is 0 Å². The second kappa shape index (κ2) is 4.76. The minimum absolute atomic E-state index is 0.0337. The molecule has 0 saturated carbocycles. The van der Waals surface area contributed by atoms with Crippen molar-refractivity contribution in [3.05, 3.63) is 29.3 Å². The molecule has 0 atom stereocenters. The van der Waals surface area contributed by atoms with Gasteiger partial charge in [-0.3, -0.25) is 10.6 Å². The lowest BCUT2D eigenvalue weighted by Crippen LogP contribution is -2.12. The molecule has 0 unspecified atom stereocenters. The Bertz CT molecular complexity index is 500. The molecule has 0 aliphatic carbocycles. The van der Waals surface area contributed by atoms with Crippen LogP contribution < -0.4 is 17.0 Å². The van der Waals surface area contributed by atoms with Gasteiger partial charge in [-0.2, -0.15) is 13.2 Å². The zero-order valence-corrected chi connectivity index (χ0v) is 8.43. The number of carbonyl (C=O) groups excluding carboxylic acids is 1. The monoisotopic (exact) mass is 243 g/mol. The van der Waals surface area contributed by atoms with Gasteiger partial charge in [-0.05, 0) is 18.2 Å². The molecule has 0 spiro atoms. The van der Waals surface area contributed by atoms with Crippen LogP contribution in [0, 0.1) is 11.8 Å². The van der Waals surface area contributed by atoms with Crippen molar-refractivity contribution in [3.63, 3.8) is 0 Å². The molecule has 1 rings (SSSR count). The van der Waals surface area contributed by atoms with Gasteiger partial charge in [-0.15, -0.1) is 0 Å². The van der Waals surface area contributed by atoms with Crippen LogP contribution >= 0.6 is 0 Å². The van der Waals surface area contributed by atoms with Gasteiger partial charge in [-0.25, -0.2) is 0 Å². The fourth-order valence-electron chi connectivity index (χ4n) is 1.08. The number of primary amides is 1. The van der Waals surface area contributed by atoms with Crippen LogP contribution in [0.4, 0.5) is 18.9 Å². The van der Waals surface area contributed by atoms with Gasteiger partial charge in [0, 0.05) is 11.5 Å². The summed E-state index contributed by atoms with van der Waals surface area (Å²) in [5.74, 6) is 8.50. The Morgan fingerprint density at radius 1 is 1.35 bits per heavy atom. The van der Waals surface area contributed by atoms with Crippen LogP contribution in [0.1, 0.15) is 11.1 Å². The third kappa shape index (κ3) is 3.39. The summed E-state index contributed by atoms with van der Waals surface area (Å²) in [7, 11) is 0. The maximum absolute atomic E-state index is 12.4. The Hall–Kier alpha value is -2.20.